The molecule has 192 valence electrons. The lowest BCUT2D eigenvalue weighted by molar-refractivity contribution is -0.107. The van der Waals surface area contributed by atoms with Gasteiger partial charge in [-0.3, -0.25) is 9.59 Å². The van der Waals surface area contributed by atoms with Crippen molar-refractivity contribution in [2.24, 2.45) is 0 Å². The summed E-state index contributed by atoms with van der Waals surface area (Å²) in [5, 5.41) is 3.91. The zero-order valence-electron chi connectivity index (χ0n) is 19.7. The van der Waals surface area contributed by atoms with E-state index in [1.54, 1.807) is 0 Å². The van der Waals surface area contributed by atoms with Crippen LogP contribution in [0.4, 0.5) is 0 Å². The number of carbonyl (C=O) groups excluding carboxylic acids is 2. The molecule has 4 rings (SSSR count). The van der Waals surface area contributed by atoms with Gasteiger partial charge in [-0.1, -0.05) is 60.9 Å². The molecular formula is C26H28O2S8. The summed E-state index contributed by atoms with van der Waals surface area (Å²) in [4.78, 5) is 25.7. The Morgan fingerprint density at radius 1 is 0.750 bits per heavy atom. The maximum atomic E-state index is 11.5. The second kappa shape index (κ2) is 15.2. The largest absolute Gasteiger partial charge is 0.282 e. The fraction of sp³-hybridized carbons (Fsp3) is 0.385. The van der Waals surface area contributed by atoms with E-state index in [-0.39, 0.29) is 10.2 Å². The van der Waals surface area contributed by atoms with Gasteiger partial charge in [0.2, 0.25) is 10.2 Å². The molecule has 36 heavy (non-hydrogen) atoms. The van der Waals surface area contributed by atoms with Crippen LogP contribution in [0.3, 0.4) is 0 Å². The fourth-order valence-corrected chi connectivity index (χ4v) is 15.1. The molecule has 4 atom stereocenters. The van der Waals surface area contributed by atoms with E-state index in [1.165, 1.54) is 56.2 Å². The lowest BCUT2D eigenvalue weighted by Gasteiger charge is -2.14. The maximum absolute atomic E-state index is 11.5. The van der Waals surface area contributed by atoms with Gasteiger partial charge >= 0.3 is 0 Å². The third kappa shape index (κ3) is 8.66. The summed E-state index contributed by atoms with van der Waals surface area (Å²) in [5.41, 5.74) is 0. The standard InChI is InChI=1S/C26H28O2S8/c1-3-23(27)31-11-17-13-33-25(35-17)15-29-21-9-5-8-20-19(21)7-6-10-22(20)30-16-26-34-14-18(36-26)12-32-24(28)4-2/h3-10,17-18,25-26H,1-2,11-16H2. The fourth-order valence-electron chi connectivity index (χ4n) is 3.65. The Kier molecular flexibility index (Phi) is 12.4. The number of hydrogen-bond acceptors (Lipinski definition) is 10. The molecule has 2 aromatic rings. The summed E-state index contributed by atoms with van der Waals surface area (Å²) in [7, 11) is 0. The monoisotopic (exact) mass is 628 g/mol. The van der Waals surface area contributed by atoms with Crippen molar-refractivity contribution in [2.45, 2.75) is 29.5 Å². The maximum Gasteiger partial charge on any atom is 0.211 e. The predicted molar refractivity (Wildman–Crippen MR) is 176 cm³/mol. The summed E-state index contributed by atoms with van der Waals surface area (Å²) < 4.78 is 1.13. The molecule has 2 heterocycles. The highest BCUT2D eigenvalue weighted by Crippen LogP contribution is 2.45. The van der Waals surface area contributed by atoms with Gasteiger partial charge in [-0.25, -0.2) is 0 Å². The molecule has 0 N–H and O–H groups in total. The van der Waals surface area contributed by atoms with E-state index in [9.17, 15) is 9.59 Å². The van der Waals surface area contributed by atoms with Crippen molar-refractivity contribution >= 4 is 115 Å². The van der Waals surface area contributed by atoms with Gasteiger partial charge in [-0.15, -0.1) is 70.6 Å². The van der Waals surface area contributed by atoms with E-state index >= 15 is 0 Å². The molecule has 2 aromatic carbocycles. The van der Waals surface area contributed by atoms with Crippen molar-refractivity contribution in [3.8, 4) is 0 Å². The van der Waals surface area contributed by atoms with E-state index < -0.39 is 0 Å². The number of rotatable bonds is 12. The SMILES string of the molecule is C=CC(=O)SCC1CSC(CSc2cccc3c(SCC4SCC(CSC(=O)C=C)S4)cccc23)S1. The first kappa shape index (κ1) is 29.3. The third-order valence-corrected chi connectivity index (χ3v) is 17.6. The van der Waals surface area contributed by atoms with Gasteiger partial charge in [0.25, 0.3) is 0 Å². The molecule has 0 aliphatic carbocycles. The third-order valence-electron chi connectivity index (χ3n) is 5.37. The summed E-state index contributed by atoms with van der Waals surface area (Å²) >= 11 is 14.8. The molecule has 0 radical (unpaired) electrons. The number of carbonyl (C=O) groups is 2. The van der Waals surface area contributed by atoms with Gasteiger partial charge in [-0.2, -0.15) is 0 Å². The average Bonchev–Trinajstić information content (AvgIpc) is 3.57. The number of benzene rings is 2. The van der Waals surface area contributed by atoms with Crippen molar-refractivity contribution in [1.29, 1.82) is 0 Å². The lowest BCUT2D eigenvalue weighted by atomic mass is 10.1. The Hall–Kier alpha value is 0.320. The molecule has 2 nitrogen and oxygen atoms in total. The highest BCUT2D eigenvalue weighted by molar-refractivity contribution is 8.23. The second-order valence-corrected chi connectivity index (χ2v) is 18.2. The van der Waals surface area contributed by atoms with Crippen molar-refractivity contribution in [2.75, 3.05) is 34.5 Å². The van der Waals surface area contributed by atoms with E-state index in [4.69, 9.17) is 0 Å². The van der Waals surface area contributed by atoms with Gasteiger partial charge in [0.1, 0.15) is 0 Å². The van der Waals surface area contributed by atoms with E-state index in [0.29, 0.717) is 19.7 Å². The summed E-state index contributed by atoms with van der Waals surface area (Å²) in [6, 6.07) is 13.4. The predicted octanol–water partition coefficient (Wildman–Crippen LogP) is 8.27. The van der Waals surface area contributed by atoms with Crippen LogP contribution in [-0.4, -0.2) is 64.4 Å². The van der Waals surface area contributed by atoms with Crippen LogP contribution in [0, 0.1) is 0 Å². The van der Waals surface area contributed by atoms with Gasteiger partial charge in [0.05, 0.1) is 9.16 Å². The molecule has 0 saturated carbocycles. The smallest absolute Gasteiger partial charge is 0.211 e. The van der Waals surface area contributed by atoms with Crippen LogP contribution in [0.5, 0.6) is 0 Å². The highest BCUT2D eigenvalue weighted by Gasteiger charge is 2.28. The Morgan fingerprint density at radius 3 is 1.61 bits per heavy atom. The van der Waals surface area contributed by atoms with Gasteiger partial charge in [0, 0.05) is 54.8 Å². The molecular weight excluding hydrogens is 601 g/mol. The number of fused-ring (bicyclic) bond motifs is 1. The first-order valence-corrected chi connectivity index (χ1v) is 19.4. The minimum Gasteiger partial charge on any atom is -0.282 e. The van der Waals surface area contributed by atoms with E-state index in [1.807, 2.05) is 70.6 Å². The van der Waals surface area contributed by atoms with Gasteiger partial charge < -0.3 is 0 Å². The molecule has 2 fully saturated rings. The van der Waals surface area contributed by atoms with Crippen LogP contribution >= 0.6 is 94.1 Å². The number of hydrogen-bond donors (Lipinski definition) is 0. The quantitative estimate of drug-likeness (QED) is 0.169. The van der Waals surface area contributed by atoms with Crippen molar-refractivity contribution in [3.63, 3.8) is 0 Å². The van der Waals surface area contributed by atoms with Crippen LogP contribution in [0.25, 0.3) is 10.8 Å². The molecule has 10 heteroatoms. The Balaban J connectivity index is 1.29. The summed E-state index contributed by atoms with van der Waals surface area (Å²) in [6.07, 6.45) is 2.82. The Labute approximate surface area is 248 Å². The normalized spacial score (nSPS) is 23.7. The Morgan fingerprint density at radius 2 is 1.19 bits per heavy atom. The first-order valence-electron chi connectivity index (χ1n) is 11.5. The molecule has 4 unspecified atom stereocenters. The molecule has 0 amide bonds. The Bertz CT molecular complexity index is 1010. The van der Waals surface area contributed by atoms with Gasteiger partial charge in [0.15, 0.2) is 0 Å². The topological polar surface area (TPSA) is 34.1 Å². The summed E-state index contributed by atoms with van der Waals surface area (Å²) in [5.74, 6) is 6.14. The average molecular weight is 629 g/mol. The van der Waals surface area contributed by atoms with Crippen LogP contribution in [-0.2, 0) is 9.59 Å². The molecule has 0 bridgehead atoms. The van der Waals surface area contributed by atoms with E-state index in [0.717, 1.165) is 34.5 Å². The van der Waals surface area contributed by atoms with Crippen LogP contribution in [0.1, 0.15) is 0 Å². The zero-order chi connectivity index (χ0) is 25.3. The van der Waals surface area contributed by atoms with Crippen molar-refractivity contribution in [3.05, 3.63) is 61.7 Å². The molecule has 0 aromatic heterocycles. The van der Waals surface area contributed by atoms with Crippen LogP contribution < -0.4 is 0 Å². The first-order chi connectivity index (χ1) is 17.6. The minimum atomic E-state index is 0.0757. The van der Waals surface area contributed by atoms with Gasteiger partial charge in [-0.05, 0) is 35.1 Å². The number of thioether (sulfide) groups is 8. The molecule has 0 spiro atoms. The molecule has 2 saturated heterocycles. The summed E-state index contributed by atoms with van der Waals surface area (Å²) in [6.45, 7) is 7.12. The lowest BCUT2D eigenvalue weighted by Crippen LogP contribution is -2.07. The second-order valence-electron chi connectivity index (χ2n) is 7.94. The molecule has 2 aliphatic rings. The molecule has 2 aliphatic heterocycles. The minimum absolute atomic E-state index is 0.0757. The van der Waals surface area contributed by atoms with Crippen molar-refractivity contribution < 1.29 is 9.59 Å². The van der Waals surface area contributed by atoms with Crippen LogP contribution in [0.15, 0.2) is 71.5 Å². The van der Waals surface area contributed by atoms with E-state index in [2.05, 4.69) is 49.6 Å². The zero-order valence-corrected chi connectivity index (χ0v) is 26.2. The van der Waals surface area contributed by atoms with Crippen molar-refractivity contribution in [1.82, 2.24) is 0 Å². The highest BCUT2D eigenvalue weighted by atomic mass is 32.2. The van der Waals surface area contributed by atoms with Crippen LogP contribution in [0.2, 0.25) is 0 Å².